The van der Waals surface area contributed by atoms with Crippen molar-refractivity contribution >= 4 is 28.9 Å². The molecule has 3 rings (SSSR count). The van der Waals surface area contributed by atoms with Crippen molar-refractivity contribution in [2.45, 2.75) is 4.90 Å². The fourth-order valence-electron chi connectivity index (χ4n) is 1.70. The first-order valence-electron chi connectivity index (χ1n) is 4.65. The maximum absolute atomic E-state index is 10.7. The average Bonchev–Trinajstić information content (AvgIpc) is 2.66. The largest absolute Gasteiger partial charge is 0.315 e. The number of carbonyl (C=O) groups is 1. The van der Waals surface area contributed by atoms with E-state index in [0.29, 0.717) is 6.54 Å². The van der Waals surface area contributed by atoms with Crippen LogP contribution in [0.5, 0.6) is 0 Å². The van der Waals surface area contributed by atoms with Crippen LogP contribution < -0.4 is 4.90 Å². The second-order valence-electron chi connectivity index (χ2n) is 3.39. The molecule has 0 N–H and O–H groups in total. The SMILES string of the molecule is O=CC1=CN=C2Sc3ccccc3N2C1. The van der Waals surface area contributed by atoms with E-state index in [9.17, 15) is 4.79 Å². The van der Waals surface area contributed by atoms with E-state index in [1.807, 2.05) is 12.1 Å². The molecule has 3 nitrogen and oxygen atoms in total. The fraction of sp³-hybridized carbons (Fsp3) is 0.0909. The van der Waals surface area contributed by atoms with Crippen LogP contribution in [0.15, 0.2) is 45.9 Å². The number of para-hydroxylation sites is 1. The van der Waals surface area contributed by atoms with E-state index in [0.717, 1.165) is 22.7 Å². The van der Waals surface area contributed by atoms with Crippen LogP contribution in [0, 0.1) is 0 Å². The second kappa shape index (κ2) is 3.24. The third kappa shape index (κ3) is 1.29. The van der Waals surface area contributed by atoms with Crippen LogP contribution in [0.1, 0.15) is 0 Å². The molecule has 0 atom stereocenters. The third-order valence-corrected chi connectivity index (χ3v) is 3.49. The predicted molar refractivity (Wildman–Crippen MR) is 61.2 cm³/mol. The molecule has 1 aromatic carbocycles. The molecule has 0 saturated carbocycles. The van der Waals surface area contributed by atoms with E-state index in [4.69, 9.17) is 0 Å². The van der Waals surface area contributed by atoms with Gasteiger partial charge in [0, 0.05) is 16.7 Å². The van der Waals surface area contributed by atoms with Crippen molar-refractivity contribution in [1.82, 2.24) is 0 Å². The van der Waals surface area contributed by atoms with Crippen LogP contribution in [0.4, 0.5) is 5.69 Å². The number of rotatable bonds is 1. The first kappa shape index (κ1) is 8.73. The summed E-state index contributed by atoms with van der Waals surface area (Å²) in [6.45, 7) is 0.631. The number of hydrogen-bond donors (Lipinski definition) is 0. The number of anilines is 1. The second-order valence-corrected chi connectivity index (χ2v) is 4.40. The smallest absolute Gasteiger partial charge is 0.173 e. The lowest BCUT2D eigenvalue weighted by Gasteiger charge is -2.21. The molecule has 0 aromatic heterocycles. The molecule has 4 heteroatoms. The Kier molecular flexibility index (Phi) is 1.89. The number of amidine groups is 1. The van der Waals surface area contributed by atoms with Gasteiger partial charge < -0.3 is 4.90 Å². The highest BCUT2D eigenvalue weighted by Crippen LogP contribution is 2.41. The highest BCUT2D eigenvalue weighted by Gasteiger charge is 2.28. The first-order valence-corrected chi connectivity index (χ1v) is 5.46. The maximum atomic E-state index is 10.7. The Balaban J connectivity index is 2.05. The minimum Gasteiger partial charge on any atom is -0.315 e. The minimum absolute atomic E-state index is 0.631. The van der Waals surface area contributed by atoms with Gasteiger partial charge in [0.15, 0.2) is 5.17 Å². The summed E-state index contributed by atoms with van der Waals surface area (Å²) in [5.41, 5.74) is 1.87. The molecule has 0 fully saturated rings. The van der Waals surface area contributed by atoms with Gasteiger partial charge >= 0.3 is 0 Å². The van der Waals surface area contributed by atoms with E-state index in [2.05, 4.69) is 22.0 Å². The summed E-state index contributed by atoms with van der Waals surface area (Å²) in [6, 6.07) is 8.14. The van der Waals surface area contributed by atoms with Gasteiger partial charge in [-0.2, -0.15) is 0 Å². The molecule has 0 spiro atoms. The Labute approximate surface area is 91.5 Å². The van der Waals surface area contributed by atoms with Gasteiger partial charge in [0.2, 0.25) is 0 Å². The summed E-state index contributed by atoms with van der Waals surface area (Å²) in [5, 5.41) is 0.960. The number of carbonyl (C=O) groups excluding carboxylic acids is 1. The molecule has 0 radical (unpaired) electrons. The molecule has 2 aliphatic rings. The predicted octanol–water partition coefficient (Wildman–Crippen LogP) is 2.05. The van der Waals surface area contributed by atoms with Gasteiger partial charge in [0.1, 0.15) is 6.29 Å². The van der Waals surface area contributed by atoms with Crippen LogP contribution in [-0.4, -0.2) is 18.0 Å². The quantitative estimate of drug-likeness (QED) is 0.673. The zero-order valence-corrected chi connectivity index (χ0v) is 8.70. The number of nitrogens with zero attached hydrogens (tertiary/aromatic N) is 2. The minimum atomic E-state index is 0.631. The Morgan fingerprint density at radius 1 is 1.40 bits per heavy atom. The molecule has 0 saturated heterocycles. The Hall–Kier alpha value is -1.55. The van der Waals surface area contributed by atoms with Crippen LogP contribution in [-0.2, 0) is 4.79 Å². The van der Waals surface area contributed by atoms with Gasteiger partial charge in [0.05, 0.1) is 12.2 Å². The van der Waals surface area contributed by atoms with Crippen LogP contribution in [0.2, 0.25) is 0 Å². The van der Waals surface area contributed by atoms with Gasteiger partial charge in [-0.25, -0.2) is 4.99 Å². The standard InChI is InChI=1S/C11H8N2OS/c14-7-8-5-12-11-13(6-8)9-3-1-2-4-10(9)15-11/h1-5,7H,6H2. The van der Waals surface area contributed by atoms with Gasteiger partial charge in [-0.05, 0) is 23.9 Å². The third-order valence-electron chi connectivity index (χ3n) is 2.42. The summed E-state index contributed by atoms with van der Waals surface area (Å²) >= 11 is 1.65. The topological polar surface area (TPSA) is 32.7 Å². The zero-order chi connectivity index (χ0) is 10.3. The van der Waals surface area contributed by atoms with Crippen LogP contribution >= 0.6 is 11.8 Å². The van der Waals surface area contributed by atoms with Crippen molar-refractivity contribution in [2.24, 2.45) is 4.99 Å². The number of thioether (sulfide) groups is 1. The lowest BCUT2D eigenvalue weighted by Crippen LogP contribution is -2.29. The van der Waals surface area contributed by atoms with Gasteiger partial charge in [-0.1, -0.05) is 12.1 Å². The van der Waals surface area contributed by atoms with Gasteiger partial charge in [0.25, 0.3) is 0 Å². The molecule has 0 bridgehead atoms. The lowest BCUT2D eigenvalue weighted by molar-refractivity contribution is -0.104. The van der Waals surface area contributed by atoms with E-state index >= 15 is 0 Å². The summed E-state index contributed by atoms with van der Waals surface area (Å²) < 4.78 is 0. The Bertz CT molecular complexity index is 493. The Morgan fingerprint density at radius 2 is 2.27 bits per heavy atom. The van der Waals surface area contributed by atoms with E-state index in [1.165, 1.54) is 4.90 Å². The highest BCUT2D eigenvalue weighted by atomic mass is 32.2. The average molecular weight is 216 g/mol. The molecule has 1 aromatic rings. The van der Waals surface area contributed by atoms with E-state index in [-0.39, 0.29) is 0 Å². The molecule has 0 unspecified atom stereocenters. The van der Waals surface area contributed by atoms with Gasteiger partial charge in [-0.3, -0.25) is 4.79 Å². The normalized spacial score (nSPS) is 17.7. The van der Waals surface area contributed by atoms with Crippen molar-refractivity contribution in [1.29, 1.82) is 0 Å². The lowest BCUT2D eigenvalue weighted by atomic mass is 10.2. The van der Waals surface area contributed by atoms with Crippen LogP contribution in [0.25, 0.3) is 0 Å². The molecule has 2 aliphatic heterocycles. The number of aldehydes is 1. The highest BCUT2D eigenvalue weighted by molar-refractivity contribution is 8.14. The zero-order valence-electron chi connectivity index (χ0n) is 7.88. The van der Waals surface area contributed by atoms with Crippen molar-refractivity contribution in [3.05, 3.63) is 36.0 Å². The summed E-state index contributed by atoms with van der Waals surface area (Å²) in [4.78, 5) is 18.2. The maximum Gasteiger partial charge on any atom is 0.173 e. The number of aliphatic imine (C=N–C) groups is 1. The summed E-state index contributed by atoms with van der Waals surface area (Å²) in [7, 11) is 0. The van der Waals surface area contributed by atoms with E-state index < -0.39 is 0 Å². The number of hydrogen-bond acceptors (Lipinski definition) is 4. The van der Waals surface area contributed by atoms with Crippen molar-refractivity contribution in [3.8, 4) is 0 Å². The van der Waals surface area contributed by atoms with Crippen molar-refractivity contribution < 1.29 is 4.79 Å². The molecule has 0 amide bonds. The fourth-order valence-corrected chi connectivity index (χ4v) is 2.71. The molecule has 74 valence electrons. The van der Waals surface area contributed by atoms with Crippen LogP contribution in [0.3, 0.4) is 0 Å². The van der Waals surface area contributed by atoms with Crippen molar-refractivity contribution in [2.75, 3.05) is 11.4 Å². The number of fused-ring (bicyclic) bond motifs is 3. The Morgan fingerprint density at radius 3 is 3.13 bits per heavy atom. The van der Waals surface area contributed by atoms with E-state index in [1.54, 1.807) is 18.0 Å². The molecule has 15 heavy (non-hydrogen) atoms. The summed E-state index contributed by atoms with van der Waals surface area (Å²) in [5.74, 6) is 0. The monoisotopic (exact) mass is 216 g/mol. The molecule has 2 heterocycles. The first-order chi connectivity index (χ1) is 7.38. The van der Waals surface area contributed by atoms with Crippen molar-refractivity contribution in [3.63, 3.8) is 0 Å². The number of benzene rings is 1. The summed E-state index contributed by atoms with van der Waals surface area (Å²) in [6.07, 6.45) is 2.52. The molecular weight excluding hydrogens is 208 g/mol. The van der Waals surface area contributed by atoms with Gasteiger partial charge in [-0.15, -0.1) is 0 Å². The molecule has 0 aliphatic carbocycles. The molecular formula is C11H8N2OS.